The van der Waals surface area contributed by atoms with Gasteiger partial charge in [-0.05, 0) is 55.5 Å². The highest BCUT2D eigenvalue weighted by Gasteiger charge is 2.14. The van der Waals surface area contributed by atoms with Crippen molar-refractivity contribution in [3.05, 3.63) is 75.9 Å². The molecule has 2 heteroatoms. The highest BCUT2D eigenvalue weighted by atomic mass is 16.2. The van der Waals surface area contributed by atoms with Crippen molar-refractivity contribution >= 4 is 11.5 Å². The first-order chi connectivity index (χ1) is 10.8. The van der Waals surface area contributed by atoms with Crippen molar-refractivity contribution in [2.75, 3.05) is 14.1 Å². The fourth-order valence-electron chi connectivity index (χ4n) is 2.61. The third-order valence-electron chi connectivity index (χ3n) is 4.08. The Morgan fingerprint density at radius 3 is 1.65 bits per heavy atom. The number of likely N-dealkylation sites (N-methyl/N-ethyl adjacent to an activating group) is 1. The van der Waals surface area contributed by atoms with Crippen molar-refractivity contribution in [3.63, 3.8) is 0 Å². The lowest BCUT2D eigenvalue weighted by molar-refractivity contribution is -0.123. The summed E-state index contributed by atoms with van der Waals surface area (Å²) in [5, 5.41) is 0. The molecule has 0 radical (unpaired) electrons. The van der Waals surface area contributed by atoms with Gasteiger partial charge in [0.15, 0.2) is 0 Å². The molecule has 0 bridgehead atoms. The van der Waals surface area contributed by atoms with Gasteiger partial charge in [0, 0.05) is 20.2 Å². The number of benzene rings is 2. The molecule has 0 aliphatic heterocycles. The van der Waals surface area contributed by atoms with Gasteiger partial charge >= 0.3 is 0 Å². The Bertz CT molecular complexity index is 716. The van der Waals surface area contributed by atoms with E-state index in [2.05, 4.69) is 64.1 Å². The third-order valence-corrected chi connectivity index (χ3v) is 4.08. The van der Waals surface area contributed by atoms with Crippen molar-refractivity contribution in [1.29, 1.82) is 0 Å². The van der Waals surface area contributed by atoms with E-state index in [1.54, 1.807) is 25.1 Å². The first-order valence-electron chi connectivity index (χ1n) is 7.88. The number of amides is 1. The van der Waals surface area contributed by atoms with E-state index in [1.807, 2.05) is 0 Å². The van der Waals surface area contributed by atoms with Crippen LogP contribution in [0.4, 0.5) is 0 Å². The third kappa shape index (κ3) is 3.89. The fraction of sp³-hybridized carbons (Fsp3) is 0.286. The number of rotatable bonds is 3. The number of nitrogens with zero attached hydrogens (tertiary/aromatic N) is 1. The monoisotopic (exact) mass is 307 g/mol. The molecule has 0 saturated carbocycles. The van der Waals surface area contributed by atoms with Gasteiger partial charge in [0.05, 0.1) is 0 Å². The Morgan fingerprint density at radius 2 is 1.26 bits per heavy atom. The molecule has 0 atom stereocenters. The zero-order valence-corrected chi connectivity index (χ0v) is 14.9. The average molecular weight is 307 g/mol. The molecule has 0 aliphatic carbocycles. The maximum atomic E-state index is 12.3. The lowest BCUT2D eigenvalue weighted by atomic mass is 9.89. The minimum atomic E-state index is 0.00168. The molecule has 2 rings (SSSR count). The second kappa shape index (κ2) is 6.82. The van der Waals surface area contributed by atoms with Crippen molar-refractivity contribution in [2.24, 2.45) is 0 Å². The van der Waals surface area contributed by atoms with Crippen LogP contribution in [0.5, 0.6) is 0 Å². The van der Waals surface area contributed by atoms with Gasteiger partial charge in [0.25, 0.3) is 0 Å². The Labute approximate surface area is 139 Å². The molecule has 0 aromatic heterocycles. The van der Waals surface area contributed by atoms with E-state index in [1.165, 1.54) is 22.3 Å². The number of aryl methyl sites for hydroxylation is 4. The zero-order chi connectivity index (χ0) is 17.1. The summed E-state index contributed by atoms with van der Waals surface area (Å²) in [5.74, 6) is 0.00168. The molecule has 0 unspecified atom stereocenters. The fourth-order valence-corrected chi connectivity index (χ4v) is 2.61. The second-order valence-electron chi connectivity index (χ2n) is 6.43. The zero-order valence-electron chi connectivity index (χ0n) is 14.9. The van der Waals surface area contributed by atoms with Gasteiger partial charge in [-0.1, -0.05) is 47.5 Å². The molecule has 0 aliphatic rings. The Kier molecular flexibility index (Phi) is 5.05. The van der Waals surface area contributed by atoms with Gasteiger partial charge in [-0.2, -0.15) is 0 Å². The summed E-state index contributed by atoms with van der Waals surface area (Å²) in [6.07, 6.45) is 1.75. The lowest BCUT2D eigenvalue weighted by Crippen LogP contribution is -2.19. The molecule has 0 fully saturated rings. The van der Waals surface area contributed by atoms with Crippen LogP contribution in [0, 0.1) is 27.7 Å². The number of carbonyl (C=O) groups excluding carboxylic acids is 1. The largest absolute Gasteiger partial charge is 0.345 e. The van der Waals surface area contributed by atoms with E-state index in [0.29, 0.717) is 0 Å². The summed E-state index contributed by atoms with van der Waals surface area (Å²) in [7, 11) is 3.56. The first-order valence-corrected chi connectivity index (χ1v) is 7.88. The molecule has 0 saturated heterocycles. The first kappa shape index (κ1) is 17.0. The van der Waals surface area contributed by atoms with E-state index >= 15 is 0 Å². The lowest BCUT2D eigenvalue weighted by Gasteiger charge is -2.17. The number of carbonyl (C=O) groups is 1. The molecular formula is C21H25NO. The van der Waals surface area contributed by atoms with E-state index in [0.717, 1.165) is 16.7 Å². The Morgan fingerprint density at radius 1 is 0.826 bits per heavy atom. The molecule has 2 nitrogen and oxygen atoms in total. The number of hydrogen-bond acceptors (Lipinski definition) is 1. The predicted octanol–water partition coefficient (Wildman–Crippen LogP) is 4.44. The molecule has 0 heterocycles. The molecule has 0 spiro atoms. The van der Waals surface area contributed by atoms with E-state index in [4.69, 9.17) is 0 Å². The summed E-state index contributed by atoms with van der Waals surface area (Å²) >= 11 is 0. The second-order valence-corrected chi connectivity index (χ2v) is 6.43. The van der Waals surface area contributed by atoms with Gasteiger partial charge in [-0.15, -0.1) is 0 Å². The van der Waals surface area contributed by atoms with Crippen molar-refractivity contribution in [1.82, 2.24) is 4.90 Å². The van der Waals surface area contributed by atoms with E-state index < -0.39 is 0 Å². The van der Waals surface area contributed by atoms with E-state index in [-0.39, 0.29) is 5.91 Å². The molecule has 0 N–H and O–H groups in total. The van der Waals surface area contributed by atoms with Crippen LogP contribution >= 0.6 is 0 Å². The van der Waals surface area contributed by atoms with Gasteiger partial charge in [-0.25, -0.2) is 0 Å². The van der Waals surface area contributed by atoms with Crippen LogP contribution in [0.15, 0.2) is 42.5 Å². The molecule has 2 aromatic rings. The quantitative estimate of drug-likeness (QED) is 0.768. The average Bonchev–Trinajstić information content (AvgIpc) is 2.49. The Balaban J connectivity index is 2.73. The van der Waals surface area contributed by atoms with Crippen LogP contribution in [-0.4, -0.2) is 24.9 Å². The number of hydrogen-bond donors (Lipinski definition) is 0. The summed E-state index contributed by atoms with van der Waals surface area (Å²) in [5.41, 5.74) is 7.97. The predicted molar refractivity (Wildman–Crippen MR) is 97.6 cm³/mol. The Hall–Kier alpha value is -2.35. The molecule has 1 amide bonds. The van der Waals surface area contributed by atoms with Crippen LogP contribution < -0.4 is 0 Å². The molecular weight excluding hydrogens is 282 g/mol. The summed E-state index contributed by atoms with van der Waals surface area (Å²) in [6.45, 7) is 8.34. The van der Waals surface area contributed by atoms with Crippen LogP contribution in [0.3, 0.4) is 0 Å². The van der Waals surface area contributed by atoms with Crippen molar-refractivity contribution < 1.29 is 4.79 Å². The summed E-state index contributed by atoms with van der Waals surface area (Å²) in [6, 6.07) is 12.8. The topological polar surface area (TPSA) is 20.3 Å². The molecule has 120 valence electrons. The normalized spacial score (nSPS) is 10.3. The van der Waals surface area contributed by atoms with Crippen LogP contribution in [0.25, 0.3) is 5.57 Å². The van der Waals surface area contributed by atoms with Crippen molar-refractivity contribution in [2.45, 2.75) is 27.7 Å². The minimum absolute atomic E-state index is 0.00168. The van der Waals surface area contributed by atoms with Crippen LogP contribution in [0.2, 0.25) is 0 Å². The van der Waals surface area contributed by atoms with Gasteiger partial charge in [0.2, 0.25) is 5.91 Å². The molecule has 23 heavy (non-hydrogen) atoms. The standard InChI is InChI=1S/C21H25NO/c1-14-7-9-16(3)18(11-14)20(13-21(23)22(5)6)19-12-15(2)8-10-17(19)4/h7-13H,1-6H3. The summed E-state index contributed by atoms with van der Waals surface area (Å²) < 4.78 is 0. The molecule has 2 aromatic carbocycles. The SMILES string of the molecule is Cc1ccc(C)c(C(=CC(=O)N(C)C)c2cc(C)ccc2C)c1. The highest BCUT2D eigenvalue weighted by molar-refractivity contribution is 6.00. The van der Waals surface area contributed by atoms with Gasteiger partial charge in [-0.3, -0.25) is 4.79 Å². The maximum Gasteiger partial charge on any atom is 0.246 e. The smallest absolute Gasteiger partial charge is 0.246 e. The van der Waals surface area contributed by atoms with Crippen molar-refractivity contribution in [3.8, 4) is 0 Å². The minimum Gasteiger partial charge on any atom is -0.345 e. The van der Waals surface area contributed by atoms with Gasteiger partial charge < -0.3 is 4.90 Å². The van der Waals surface area contributed by atoms with Crippen LogP contribution in [0.1, 0.15) is 33.4 Å². The van der Waals surface area contributed by atoms with Gasteiger partial charge in [0.1, 0.15) is 0 Å². The van der Waals surface area contributed by atoms with Crippen LogP contribution in [-0.2, 0) is 4.79 Å². The highest BCUT2D eigenvalue weighted by Crippen LogP contribution is 2.30. The van der Waals surface area contributed by atoms with E-state index in [9.17, 15) is 4.79 Å². The maximum absolute atomic E-state index is 12.3. The summed E-state index contributed by atoms with van der Waals surface area (Å²) in [4.78, 5) is 13.9.